The van der Waals surface area contributed by atoms with Gasteiger partial charge in [-0.3, -0.25) is 9.69 Å². The third kappa shape index (κ3) is 3.96. The van der Waals surface area contributed by atoms with Gasteiger partial charge in [0.15, 0.2) is 0 Å². The van der Waals surface area contributed by atoms with Gasteiger partial charge in [-0.1, -0.05) is 30.3 Å². The minimum atomic E-state index is -1.15. The molecule has 0 aliphatic carbocycles. The summed E-state index contributed by atoms with van der Waals surface area (Å²) in [6, 6.07) is 17.1. The summed E-state index contributed by atoms with van der Waals surface area (Å²) in [6.45, 7) is 2.33. The quantitative estimate of drug-likeness (QED) is 0.615. The van der Waals surface area contributed by atoms with Gasteiger partial charge in [0.2, 0.25) is 0 Å². The molecule has 0 unspecified atom stereocenters. The Labute approximate surface area is 180 Å². The van der Waals surface area contributed by atoms with Crippen molar-refractivity contribution >= 4 is 22.7 Å². The average Bonchev–Trinajstić information content (AvgIpc) is 2.98. The van der Waals surface area contributed by atoms with Gasteiger partial charge >= 0.3 is 6.03 Å². The summed E-state index contributed by atoms with van der Waals surface area (Å²) < 4.78 is 18.4. The Morgan fingerprint density at radius 1 is 1.03 bits per heavy atom. The van der Waals surface area contributed by atoms with Crippen molar-refractivity contribution in [3.05, 3.63) is 77.6 Å². The minimum Gasteiger partial charge on any atom is -0.497 e. The maximum atomic E-state index is 13.3. The van der Waals surface area contributed by atoms with Crippen molar-refractivity contribution in [3.8, 4) is 5.75 Å². The summed E-state index contributed by atoms with van der Waals surface area (Å²) in [5, 5.41) is 4.78. The lowest BCUT2D eigenvalue weighted by Crippen LogP contribution is -2.42. The van der Waals surface area contributed by atoms with Gasteiger partial charge in [-0.15, -0.1) is 0 Å². The average molecular weight is 421 g/mol. The SMILES string of the molecule is COc1ccc2cc([C@@]3(C)NC(=O)N(CN(C)Cc4ccc(F)cc4)C3=O)ccc2c1. The molecule has 1 atom stereocenters. The van der Waals surface area contributed by atoms with E-state index >= 15 is 0 Å². The first kappa shape index (κ1) is 20.8. The molecule has 0 aromatic heterocycles. The maximum Gasteiger partial charge on any atom is 0.326 e. The molecule has 0 saturated carbocycles. The molecule has 1 saturated heterocycles. The van der Waals surface area contributed by atoms with Crippen molar-refractivity contribution < 1.29 is 18.7 Å². The fourth-order valence-electron chi connectivity index (χ4n) is 3.88. The molecular weight excluding hydrogens is 397 g/mol. The van der Waals surface area contributed by atoms with Gasteiger partial charge < -0.3 is 10.1 Å². The highest BCUT2D eigenvalue weighted by atomic mass is 19.1. The number of nitrogens with zero attached hydrogens (tertiary/aromatic N) is 2. The summed E-state index contributed by atoms with van der Waals surface area (Å²) in [4.78, 5) is 29.0. The number of hydrogen-bond acceptors (Lipinski definition) is 4. The van der Waals surface area contributed by atoms with Gasteiger partial charge in [0.25, 0.3) is 5.91 Å². The number of benzene rings is 3. The first-order valence-corrected chi connectivity index (χ1v) is 9.95. The highest BCUT2D eigenvalue weighted by Crippen LogP contribution is 2.32. The molecule has 0 spiro atoms. The molecule has 6 nitrogen and oxygen atoms in total. The van der Waals surface area contributed by atoms with Crippen LogP contribution in [0.25, 0.3) is 10.8 Å². The number of methoxy groups -OCH3 is 1. The zero-order valence-electron chi connectivity index (χ0n) is 17.7. The van der Waals surface area contributed by atoms with Crippen molar-refractivity contribution in [1.82, 2.24) is 15.1 Å². The lowest BCUT2D eigenvalue weighted by atomic mass is 9.90. The van der Waals surface area contributed by atoms with Crippen LogP contribution < -0.4 is 10.1 Å². The molecule has 0 bridgehead atoms. The monoisotopic (exact) mass is 421 g/mol. The van der Waals surface area contributed by atoms with Crippen molar-refractivity contribution in [2.75, 3.05) is 20.8 Å². The number of rotatable bonds is 6. The van der Waals surface area contributed by atoms with E-state index < -0.39 is 11.6 Å². The Morgan fingerprint density at radius 3 is 2.42 bits per heavy atom. The number of carbonyl (C=O) groups excluding carboxylic acids is 2. The predicted molar refractivity (Wildman–Crippen MR) is 116 cm³/mol. The van der Waals surface area contributed by atoms with E-state index in [0.717, 1.165) is 22.1 Å². The number of ether oxygens (including phenoxy) is 1. The molecule has 7 heteroatoms. The van der Waals surface area contributed by atoms with Gasteiger partial charge in [-0.2, -0.15) is 0 Å². The van der Waals surface area contributed by atoms with Crippen molar-refractivity contribution in [2.45, 2.75) is 19.0 Å². The highest BCUT2D eigenvalue weighted by Gasteiger charge is 2.49. The van der Waals surface area contributed by atoms with Crippen molar-refractivity contribution in [3.63, 3.8) is 0 Å². The third-order valence-corrected chi connectivity index (χ3v) is 5.65. The summed E-state index contributed by atoms with van der Waals surface area (Å²) in [7, 11) is 3.42. The smallest absolute Gasteiger partial charge is 0.326 e. The topological polar surface area (TPSA) is 61.9 Å². The molecule has 1 aliphatic rings. The van der Waals surface area contributed by atoms with Gasteiger partial charge in [0.05, 0.1) is 13.8 Å². The van der Waals surface area contributed by atoms with E-state index in [1.165, 1.54) is 17.0 Å². The van der Waals surface area contributed by atoms with Crippen LogP contribution in [0.5, 0.6) is 5.75 Å². The fourth-order valence-corrected chi connectivity index (χ4v) is 3.88. The molecule has 0 radical (unpaired) electrons. The third-order valence-electron chi connectivity index (χ3n) is 5.65. The number of fused-ring (bicyclic) bond motifs is 1. The summed E-state index contributed by atoms with van der Waals surface area (Å²) in [6.07, 6.45) is 0. The van der Waals surface area contributed by atoms with E-state index in [2.05, 4.69) is 5.32 Å². The van der Waals surface area contributed by atoms with Crippen LogP contribution in [0.3, 0.4) is 0 Å². The molecule has 31 heavy (non-hydrogen) atoms. The normalized spacial score (nSPS) is 18.7. The Bertz CT molecular complexity index is 1150. The van der Waals surface area contributed by atoms with Crippen molar-refractivity contribution in [2.24, 2.45) is 0 Å². The van der Waals surface area contributed by atoms with Gasteiger partial charge in [0, 0.05) is 6.54 Å². The van der Waals surface area contributed by atoms with Gasteiger partial charge in [-0.25, -0.2) is 14.1 Å². The zero-order chi connectivity index (χ0) is 22.2. The predicted octanol–water partition coefficient (Wildman–Crippen LogP) is 3.84. The molecular formula is C24H24FN3O3. The standard InChI is InChI=1S/C24H24FN3O3/c1-24(19-8-6-18-13-21(31-3)11-7-17(18)12-19)22(29)28(23(30)26-24)15-27(2)14-16-4-9-20(25)10-5-16/h4-13H,14-15H2,1-3H3,(H,26,30)/t24-/m1/s1. The first-order valence-electron chi connectivity index (χ1n) is 9.95. The Morgan fingerprint density at radius 2 is 1.71 bits per heavy atom. The number of hydrogen-bond donors (Lipinski definition) is 1. The van der Waals surface area contributed by atoms with E-state index in [1.54, 1.807) is 26.2 Å². The molecule has 1 aliphatic heterocycles. The molecule has 4 rings (SSSR count). The van der Waals surface area contributed by atoms with Gasteiger partial charge in [0.1, 0.15) is 17.1 Å². The molecule has 3 aromatic carbocycles. The van der Waals surface area contributed by atoms with Crippen LogP contribution in [0.2, 0.25) is 0 Å². The lowest BCUT2D eigenvalue weighted by molar-refractivity contribution is -0.132. The number of nitrogens with one attached hydrogen (secondary N) is 1. The summed E-state index contributed by atoms with van der Waals surface area (Å²) in [5.74, 6) is 0.147. The summed E-state index contributed by atoms with van der Waals surface area (Å²) in [5.41, 5.74) is 0.456. The van der Waals surface area contributed by atoms with Crippen LogP contribution in [-0.2, 0) is 16.9 Å². The van der Waals surface area contributed by atoms with Crippen molar-refractivity contribution in [1.29, 1.82) is 0 Å². The minimum absolute atomic E-state index is 0.127. The van der Waals surface area contributed by atoms with Crippen LogP contribution in [0.1, 0.15) is 18.1 Å². The second-order valence-electron chi connectivity index (χ2n) is 8.00. The number of imide groups is 1. The molecule has 3 amide bonds. The van der Waals surface area contributed by atoms with Gasteiger partial charge in [-0.05, 0) is 66.2 Å². The molecule has 1 fully saturated rings. The van der Waals surface area contributed by atoms with E-state index in [-0.39, 0.29) is 18.4 Å². The Hall–Kier alpha value is -3.45. The number of amides is 3. The second kappa shape index (κ2) is 8.00. The Balaban J connectivity index is 1.53. The lowest BCUT2D eigenvalue weighted by Gasteiger charge is -2.25. The van der Waals surface area contributed by atoms with E-state index in [9.17, 15) is 14.0 Å². The van der Waals surface area contributed by atoms with Crippen LogP contribution >= 0.6 is 0 Å². The van der Waals surface area contributed by atoms with E-state index in [1.807, 2.05) is 48.3 Å². The second-order valence-corrected chi connectivity index (χ2v) is 8.00. The van der Waals surface area contributed by atoms with E-state index in [4.69, 9.17) is 4.74 Å². The highest BCUT2D eigenvalue weighted by molar-refractivity contribution is 6.07. The van der Waals surface area contributed by atoms with Crippen LogP contribution in [0.15, 0.2) is 60.7 Å². The number of urea groups is 1. The van der Waals surface area contributed by atoms with Crippen LogP contribution in [0.4, 0.5) is 9.18 Å². The number of carbonyl (C=O) groups is 2. The zero-order valence-corrected chi connectivity index (χ0v) is 17.7. The molecule has 1 N–H and O–H groups in total. The maximum absolute atomic E-state index is 13.3. The van der Waals surface area contributed by atoms with Crippen LogP contribution in [0, 0.1) is 5.82 Å². The molecule has 3 aromatic rings. The molecule has 160 valence electrons. The first-order chi connectivity index (χ1) is 14.8. The van der Waals surface area contributed by atoms with E-state index in [0.29, 0.717) is 12.1 Å². The molecule has 1 heterocycles. The Kier molecular flexibility index (Phi) is 5.37. The fraction of sp³-hybridized carbons (Fsp3) is 0.250. The number of halogens is 1. The summed E-state index contributed by atoms with van der Waals surface area (Å²) >= 11 is 0. The largest absolute Gasteiger partial charge is 0.497 e. The van der Waals surface area contributed by atoms with Crippen LogP contribution in [-0.4, -0.2) is 42.6 Å².